The van der Waals surface area contributed by atoms with Crippen LogP contribution in [-0.2, 0) is 16.0 Å². The highest BCUT2D eigenvalue weighted by molar-refractivity contribution is 9.10. The largest absolute Gasteiger partial charge is 0.383 e. The summed E-state index contributed by atoms with van der Waals surface area (Å²) in [6.45, 7) is 3.80. The molecule has 1 aromatic rings. The van der Waals surface area contributed by atoms with Crippen molar-refractivity contribution in [1.82, 2.24) is 10.3 Å². The Morgan fingerprint density at radius 3 is 2.67 bits per heavy atom. The zero-order valence-electron chi connectivity index (χ0n) is 12.0. The first kappa shape index (κ1) is 17.6. The lowest BCUT2D eigenvalue weighted by Gasteiger charge is -2.19. The number of nitrogens with zero attached hydrogens (tertiary/aromatic N) is 1. The van der Waals surface area contributed by atoms with E-state index in [1.807, 2.05) is 13.8 Å². The smallest absolute Gasteiger partial charge is 0.249 e. The van der Waals surface area contributed by atoms with Crippen LogP contribution in [0.4, 0.5) is 0 Å². The normalized spacial score (nSPS) is 13.8. The standard InChI is InChI=1S/C14H20BrN3O3/c1-8(2)6-11(19)14(21)18-10(13(16)20)7-9-4-3-5-17-12(9)15/h3-5,8,10-11,19H,6-7H2,1-2H3,(H2,16,20)(H,18,21)/t10-,11+/m1/s1. The van der Waals surface area contributed by atoms with Crippen molar-refractivity contribution >= 4 is 27.7 Å². The highest BCUT2D eigenvalue weighted by Crippen LogP contribution is 2.15. The molecule has 0 aromatic carbocycles. The fourth-order valence-corrected chi connectivity index (χ4v) is 2.25. The van der Waals surface area contributed by atoms with Gasteiger partial charge in [0.05, 0.1) is 0 Å². The predicted molar refractivity (Wildman–Crippen MR) is 82.2 cm³/mol. The van der Waals surface area contributed by atoms with Crippen molar-refractivity contribution in [3.05, 3.63) is 28.5 Å². The summed E-state index contributed by atoms with van der Waals surface area (Å²) < 4.78 is 0.591. The van der Waals surface area contributed by atoms with Crippen LogP contribution >= 0.6 is 15.9 Å². The Labute approximate surface area is 132 Å². The van der Waals surface area contributed by atoms with Crippen molar-refractivity contribution in [3.8, 4) is 0 Å². The Bertz CT molecular complexity index is 508. The summed E-state index contributed by atoms with van der Waals surface area (Å²) in [5.41, 5.74) is 6.06. The molecule has 1 rings (SSSR count). The van der Waals surface area contributed by atoms with Crippen LogP contribution in [0.15, 0.2) is 22.9 Å². The van der Waals surface area contributed by atoms with E-state index < -0.39 is 24.0 Å². The van der Waals surface area contributed by atoms with E-state index in [1.165, 1.54) is 0 Å². The van der Waals surface area contributed by atoms with Gasteiger partial charge in [-0.05, 0) is 39.9 Å². The number of nitrogens with two attached hydrogens (primary N) is 1. The first-order valence-electron chi connectivity index (χ1n) is 6.68. The Kier molecular flexibility index (Phi) is 6.77. The summed E-state index contributed by atoms with van der Waals surface area (Å²) in [7, 11) is 0. The van der Waals surface area contributed by atoms with Gasteiger partial charge in [0, 0.05) is 12.6 Å². The van der Waals surface area contributed by atoms with Crippen molar-refractivity contribution in [2.45, 2.75) is 38.8 Å². The molecule has 0 fully saturated rings. The van der Waals surface area contributed by atoms with Gasteiger partial charge in [0.2, 0.25) is 11.8 Å². The van der Waals surface area contributed by atoms with E-state index in [0.717, 1.165) is 5.56 Å². The van der Waals surface area contributed by atoms with Crippen molar-refractivity contribution < 1.29 is 14.7 Å². The highest BCUT2D eigenvalue weighted by Gasteiger charge is 2.24. The molecule has 1 heterocycles. The van der Waals surface area contributed by atoms with Gasteiger partial charge >= 0.3 is 0 Å². The fraction of sp³-hybridized carbons (Fsp3) is 0.500. The van der Waals surface area contributed by atoms with Gasteiger partial charge in [0.25, 0.3) is 0 Å². The van der Waals surface area contributed by atoms with Crippen molar-refractivity contribution in [2.24, 2.45) is 11.7 Å². The monoisotopic (exact) mass is 357 g/mol. The molecule has 6 nitrogen and oxygen atoms in total. The molecule has 0 aliphatic rings. The molecule has 7 heteroatoms. The van der Waals surface area contributed by atoms with Gasteiger partial charge < -0.3 is 16.2 Å². The zero-order valence-corrected chi connectivity index (χ0v) is 13.6. The van der Waals surface area contributed by atoms with E-state index in [-0.39, 0.29) is 12.3 Å². The van der Waals surface area contributed by atoms with Gasteiger partial charge in [-0.3, -0.25) is 9.59 Å². The van der Waals surface area contributed by atoms with Crippen LogP contribution in [0.25, 0.3) is 0 Å². The average molecular weight is 358 g/mol. The molecule has 4 N–H and O–H groups in total. The molecule has 116 valence electrons. The van der Waals surface area contributed by atoms with Crippen molar-refractivity contribution in [1.29, 1.82) is 0 Å². The van der Waals surface area contributed by atoms with Gasteiger partial charge in [0.1, 0.15) is 16.7 Å². The number of aromatic nitrogens is 1. The lowest BCUT2D eigenvalue weighted by atomic mass is 10.0. The fourth-order valence-electron chi connectivity index (χ4n) is 1.84. The minimum atomic E-state index is -1.15. The number of rotatable bonds is 7. The van der Waals surface area contributed by atoms with Crippen LogP contribution in [-0.4, -0.2) is 34.1 Å². The van der Waals surface area contributed by atoms with Crippen LogP contribution in [0.1, 0.15) is 25.8 Å². The van der Waals surface area contributed by atoms with E-state index in [0.29, 0.717) is 11.0 Å². The third-order valence-electron chi connectivity index (χ3n) is 2.92. The molecule has 2 amide bonds. The molecule has 0 radical (unpaired) electrons. The number of primary amides is 1. The van der Waals surface area contributed by atoms with E-state index in [4.69, 9.17) is 5.73 Å². The van der Waals surface area contributed by atoms with Crippen molar-refractivity contribution in [3.63, 3.8) is 0 Å². The van der Waals surface area contributed by atoms with Crippen molar-refractivity contribution in [2.75, 3.05) is 0 Å². The summed E-state index contributed by atoms with van der Waals surface area (Å²) in [6, 6.07) is 2.62. The number of carbonyl (C=O) groups is 2. The number of carbonyl (C=O) groups excluding carboxylic acids is 2. The summed E-state index contributed by atoms with van der Waals surface area (Å²) in [6.07, 6.45) is 1.000. The van der Waals surface area contributed by atoms with Gasteiger partial charge in [-0.15, -0.1) is 0 Å². The number of hydrogen-bond acceptors (Lipinski definition) is 4. The van der Waals surface area contributed by atoms with E-state index >= 15 is 0 Å². The molecule has 2 atom stereocenters. The van der Waals surface area contributed by atoms with Gasteiger partial charge in [-0.25, -0.2) is 4.98 Å². The van der Waals surface area contributed by atoms with Crippen LogP contribution in [0.5, 0.6) is 0 Å². The maximum atomic E-state index is 11.9. The zero-order chi connectivity index (χ0) is 16.0. The minimum Gasteiger partial charge on any atom is -0.383 e. The number of pyridine rings is 1. The van der Waals surface area contributed by atoms with Crippen LogP contribution in [0, 0.1) is 5.92 Å². The second-order valence-electron chi connectivity index (χ2n) is 5.27. The van der Waals surface area contributed by atoms with Crippen LogP contribution in [0.2, 0.25) is 0 Å². The maximum absolute atomic E-state index is 11.9. The summed E-state index contributed by atoms with van der Waals surface area (Å²) in [5.74, 6) is -1.08. The Morgan fingerprint density at radius 1 is 1.48 bits per heavy atom. The quantitative estimate of drug-likeness (QED) is 0.626. The van der Waals surface area contributed by atoms with E-state index in [9.17, 15) is 14.7 Å². The Morgan fingerprint density at radius 2 is 2.14 bits per heavy atom. The lowest BCUT2D eigenvalue weighted by molar-refractivity contribution is -0.133. The topological polar surface area (TPSA) is 105 Å². The summed E-state index contributed by atoms with van der Waals surface area (Å²) in [4.78, 5) is 27.4. The molecule has 0 unspecified atom stereocenters. The van der Waals surface area contributed by atoms with Crippen LogP contribution < -0.4 is 11.1 Å². The molecule has 0 saturated heterocycles. The van der Waals surface area contributed by atoms with Gasteiger partial charge in [-0.1, -0.05) is 19.9 Å². The molecule has 0 saturated carbocycles. The van der Waals surface area contributed by atoms with E-state index in [1.54, 1.807) is 18.3 Å². The lowest BCUT2D eigenvalue weighted by Crippen LogP contribution is -2.49. The number of amides is 2. The molecule has 21 heavy (non-hydrogen) atoms. The molecule has 0 spiro atoms. The number of nitrogens with one attached hydrogen (secondary N) is 1. The molecule has 1 aromatic heterocycles. The number of aliphatic hydroxyl groups excluding tert-OH is 1. The summed E-state index contributed by atoms with van der Waals surface area (Å²) in [5, 5.41) is 12.2. The number of aliphatic hydroxyl groups is 1. The van der Waals surface area contributed by atoms with Gasteiger partial charge in [-0.2, -0.15) is 0 Å². The Balaban J connectivity index is 2.73. The molecule has 0 aliphatic carbocycles. The highest BCUT2D eigenvalue weighted by atomic mass is 79.9. The molecule has 0 aliphatic heterocycles. The first-order chi connectivity index (χ1) is 9.81. The average Bonchev–Trinajstić information content (AvgIpc) is 2.39. The SMILES string of the molecule is CC(C)C[C@H](O)C(=O)N[C@H](Cc1cccnc1Br)C(N)=O. The molecular weight excluding hydrogens is 338 g/mol. The second-order valence-corrected chi connectivity index (χ2v) is 6.02. The minimum absolute atomic E-state index is 0.172. The van der Waals surface area contributed by atoms with Crippen LogP contribution in [0.3, 0.4) is 0 Å². The second kappa shape index (κ2) is 8.09. The number of halogens is 1. The number of hydrogen-bond donors (Lipinski definition) is 3. The predicted octanol–water partition coefficient (Wildman–Crippen LogP) is 0.764. The Hall–Kier alpha value is -1.47. The summed E-state index contributed by atoms with van der Waals surface area (Å²) >= 11 is 3.28. The molecular formula is C14H20BrN3O3. The molecule has 0 bridgehead atoms. The van der Waals surface area contributed by atoms with Gasteiger partial charge in [0.15, 0.2) is 0 Å². The first-order valence-corrected chi connectivity index (χ1v) is 7.47. The van der Waals surface area contributed by atoms with E-state index in [2.05, 4.69) is 26.2 Å². The third kappa shape index (κ3) is 5.81. The maximum Gasteiger partial charge on any atom is 0.249 e. The third-order valence-corrected chi connectivity index (χ3v) is 3.63.